The lowest BCUT2D eigenvalue weighted by Crippen LogP contribution is -2.52. The van der Waals surface area contributed by atoms with Crippen molar-refractivity contribution in [2.24, 2.45) is 28.2 Å². The molecular formula is C74H76F2N10O4. The van der Waals surface area contributed by atoms with Crippen LogP contribution in [0.15, 0.2) is 121 Å². The summed E-state index contributed by atoms with van der Waals surface area (Å²) in [5, 5.41) is 8.97. The van der Waals surface area contributed by atoms with Gasteiger partial charge in [-0.2, -0.15) is 0 Å². The van der Waals surface area contributed by atoms with E-state index in [1.807, 2.05) is 106 Å². The number of pyridine rings is 2. The summed E-state index contributed by atoms with van der Waals surface area (Å²) in [4.78, 5) is 69.9. The minimum absolute atomic E-state index is 0.00229. The van der Waals surface area contributed by atoms with Crippen molar-refractivity contribution >= 4 is 79.4 Å². The van der Waals surface area contributed by atoms with Gasteiger partial charge in [-0.1, -0.05) is 68.9 Å². The average molecular weight is 1210 g/mol. The van der Waals surface area contributed by atoms with E-state index >= 15 is 0 Å². The van der Waals surface area contributed by atoms with Gasteiger partial charge in [0.2, 0.25) is 0 Å². The maximum Gasteiger partial charge on any atom is 0.252 e. The molecule has 90 heavy (non-hydrogen) atoms. The first-order valence-corrected chi connectivity index (χ1v) is 31.8. The Morgan fingerprint density at radius 3 is 1.38 bits per heavy atom. The molecule has 0 saturated heterocycles. The van der Waals surface area contributed by atoms with Gasteiger partial charge in [0.15, 0.2) is 11.6 Å². The predicted molar refractivity (Wildman–Crippen MR) is 351 cm³/mol. The van der Waals surface area contributed by atoms with Gasteiger partial charge in [-0.25, -0.2) is 18.7 Å². The Bertz CT molecular complexity index is 4560. The molecule has 0 bridgehead atoms. The number of carbonyl (C=O) groups is 4. The Balaban J connectivity index is 0.000000165. The number of amides is 2. The average Bonchev–Trinajstić information content (AvgIpc) is 1.60. The molecule has 460 valence electrons. The number of Topliss-reactive ketones (excluding diaryl/α,β-unsaturated/α-hetero) is 1. The van der Waals surface area contributed by atoms with Gasteiger partial charge in [0.1, 0.15) is 23.3 Å². The molecule has 2 N–H and O–H groups in total. The zero-order chi connectivity index (χ0) is 62.8. The van der Waals surface area contributed by atoms with E-state index in [9.17, 15) is 28.0 Å². The summed E-state index contributed by atoms with van der Waals surface area (Å²) < 4.78 is 36.0. The number of carbonyl (C=O) groups excluding carboxylic acids is 4. The number of rotatable bonds is 14. The number of fused-ring (bicyclic) bond motifs is 4. The minimum atomic E-state index is -0.560. The molecule has 0 spiro atoms. The molecule has 14 nitrogen and oxygen atoms in total. The topological polar surface area (TPSA) is 164 Å². The first kappa shape index (κ1) is 59.8. The number of nitrogens with zero attached hydrogens (tertiary/aromatic N) is 8. The van der Waals surface area contributed by atoms with Crippen LogP contribution in [0.2, 0.25) is 0 Å². The van der Waals surface area contributed by atoms with E-state index in [-0.39, 0.29) is 35.0 Å². The molecule has 4 fully saturated rings. The van der Waals surface area contributed by atoms with E-state index in [1.165, 1.54) is 81.1 Å². The Labute approximate surface area is 522 Å². The summed E-state index contributed by atoms with van der Waals surface area (Å²) in [5.74, 6) is 1.55. The summed E-state index contributed by atoms with van der Waals surface area (Å²) in [6, 6.07) is 30.3. The van der Waals surface area contributed by atoms with Crippen LogP contribution in [0.1, 0.15) is 184 Å². The number of nitrogens with one attached hydrogen (secondary N) is 2. The summed E-state index contributed by atoms with van der Waals surface area (Å²) in [6.07, 6.45) is 23.8. The molecule has 14 rings (SSSR count). The van der Waals surface area contributed by atoms with Crippen molar-refractivity contribution in [1.29, 1.82) is 0 Å². The van der Waals surface area contributed by atoms with E-state index < -0.39 is 11.1 Å². The van der Waals surface area contributed by atoms with Gasteiger partial charge in [0, 0.05) is 61.1 Å². The minimum Gasteiger partial charge on any atom is -0.342 e. The largest absolute Gasteiger partial charge is 0.342 e. The van der Waals surface area contributed by atoms with Gasteiger partial charge >= 0.3 is 0 Å². The normalized spacial score (nSPS) is 16.8. The lowest BCUT2D eigenvalue weighted by atomic mass is 9.75. The fourth-order valence-corrected chi connectivity index (χ4v) is 14.5. The van der Waals surface area contributed by atoms with Crippen LogP contribution in [-0.4, -0.2) is 61.6 Å². The van der Waals surface area contributed by atoms with Gasteiger partial charge in [-0.15, -0.1) is 0 Å². The first-order valence-electron chi connectivity index (χ1n) is 31.8. The summed E-state index contributed by atoms with van der Waals surface area (Å²) in [5.41, 5.74) is 14.2. The molecule has 6 aromatic heterocycles. The summed E-state index contributed by atoms with van der Waals surface area (Å²) in [6.45, 7) is 4.93. The van der Waals surface area contributed by atoms with Crippen LogP contribution in [0.5, 0.6) is 0 Å². The van der Waals surface area contributed by atoms with E-state index in [4.69, 9.17) is 9.97 Å². The van der Waals surface area contributed by atoms with Crippen LogP contribution in [0.25, 0.3) is 78.8 Å². The Hall–Kier alpha value is -9.18. The van der Waals surface area contributed by atoms with Crippen LogP contribution >= 0.6 is 0 Å². The molecule has 0 aliphatic heterocycles. The van der Waals surface area contributed by atoms with Crippen LogP contribution in [0, 0.1) is 11.6 Å². The van der Waals surface area contributed by atoms with Crippen molar-refractivity contribution in [2.45, 2.75) is 140 Å². The molecule has 0 unspecified atom stereocenters. The van der Waals surface area contributed by atoms with Crippen LogP contribution < -0.4 is 10.6 Å². The lowest BCUT2D eigenvalue weighted by molar-refractivity contribution is -0.114. The van der Waals surface area contributed by atoms with Crippen LogP contribution in [0.3, 0.4) is 0 Å². The number of allylic oxidation sites excluding steroid dienone is 2. The monoisotopic (exact) mass is 1210 g/mol. The number of imidazole rings is 2. The third-order valence-electron chi connectivity index (χ3n) is 19.7. The van der Waals surface area contributed by atoms with Crippen molar-refractivity contribution in [3.8, 4) is 22.8 Å². The summed E-state index contributed by atoms with van der Waals surface area (Å²) >= 11 is 0. The number of aryl methyl sites for hydroxylation is 4. The zero-order valence-electron chi connectivity index (χ0n) is 52.4. The second-order valence-corrected chi connectivity index (χ2v) is 25.7. The second kappa shape index (κ2) is 24.0. The van der Waals surface area contributed by atoms with Gasteiger partial charge in [0.25, 0.3) is 11.8 Å². The highest BCUT2D eigenvalue weighted by molar-refractivity contribution is 6.03. The highest BCUT2D eigenvalue weighted by Gasteiger charge is 2.50. The second-order valence-electron chi connectivity index (χ2n) is 25.7. The Kier molecular flexibility index (Phi) is 15.9. The number of halogens is 2. The van der Waals surface area contributed by atoms with Crippen LogP contribution in [-0.2, 0) is 48.9 Å². The third-order valence-corrected chi connectivity index (χ3v) is 19.7. The maximum atomic E-state index is 14.0. The number of hydrogen-bond donors (Lipinski definition) is 2. The molecule has 2 amide bonds. The SMILES string of the molecule is CC(=O)/C(C)=C/c1ccc2nc(C3(NC(=O)c4ccc5c(C6CCCCC6)c(-c6ccc(F)cn6)n(C)c5c4)CCC3)n(C)c2c1.CC(=O)/C=C/c1ccc2nc(C3(NC(=O)c4ccc5c(C6CCCCC6)c(-c6ccc(F)cn6)n(C)c5c4)CC3)n(C)c2c1. The van der Waals surface area contributed by atoms with Gasteiger partial charge in [-0.05, 0) is 203 Å². The Morgan fingerprint density at radius 1 is 0.511 bits per heavy atom. The maximum absolute atomic E-state index is 14.0. The molecule has 4 aliphatic carbocycles. The first-order chi connectivity index (χ1) is 43.4. The fourth-order valence-electron chi connectivity index (χ4n) is 14.5. The molecule has 0 radical (unpaired) electrons. The van der Waals surface area contributed by atoms with Gasteiger partial charge in [0.05, 0.1) is 68.3 Å². The summed E-state index contributed by atoms with van der Waals surface area (Å²) in [7, 11) is 8.00. The number of benzene rings is 4. The van der Waals surface area contributed by atoms with Gasteiger partial charge in [-0.3, -0.25) is 29.1 Å². The Morgan fingerprint density at radius 2 is 0.967 bits per heavy atom. The van der Waals surface area contributed by atoms with E-state index in [0.29, 0.717) is 28.5 Å². The molecular weight excluding hydrogens is 1130 g/mol. The van der Waals surface area contributed by atoms with Crippen molar-refractivity contribution < 1.29 is 28.0 Å². The van der Waals surface area contributed by atoms with Crippen LogP contribution in [0.4, 0.5) is 8.78 Å². The van der Waals surface area contributed by atoms with E-state index in [2.05, 4.69) is 46.4 Å². The number of aromatic nitrogens is 8. The quantitative estimate of drug-likeness (QED) is 0.102. The number of hydrogen-bond acceptors (Lipinski definition) is 8. The highest BCUT2D eigenvalue weighted by Crippen LogP contribution is 2.48. The van der Waals surface area contributed by atoms with Crippen molar-refractivity contribution in [3.63, 3.8) is 0 Å². The molecule has 4 saturated carbocycles. The van der Waals surface area contributed by atoms with Crippen molar-refractivity contribution in [1.82, 2.24) is 48.8 Å². The van der Waals surface area contributed by atoms with E-state index in [0.717, 1.165) is 147 Å². The standard InChI is InChI=1S/C38H40FN5O2.C36H36FN5O2/c1-23(24(2)45)19-25-11-15-30-33(20-25)44(4)37(41-30)38(17-8-18-38)42-36(46)27-12-14-29-32(21-27)43(3)35(31-16-13-28(39)22-40-31)34(29)26-9-6-5-7-10-26;1-22(43)9-10-23-11-15-28-31(19-23)42(3)35(39-28)36(17-18-36)40-34(44)25-12-14-27-30(20-25)41(2)33(29-16-13-26(37)21-38-29)32(27)24-7-5-4-6-8-24/h11-16,19-22,26H,5-10,17-18H2,1-4H3,(H,42,46);9-16,19-21,24H,4-8,17-18H2,1-3H3,(H,40,44)/b23-19+;10-9+. The molecule has 4 aliphatic rings. The highest BCUT2D eigenvalue weighted by atomic mass is 19.1. The fraction of sp³-hybridized carbons (Fsp3) is 0.351. The van der Waals surface area contributed by atoms with Crippen molar-refractivity contribution in [3.05, 3.63) is 178 Å². The third kappa shape index (κ3) is 11.2. The molecule has 16 heteroatoms. The number of ketones is 2. The smallest absolute Gasteiger partial charge is 0.252 e. The van der Waals surface area contributed by atoms with E-state index in [1.54, 1.807) is 31.2 Å². The van der Waals surface area contributed by atoms with Crippen molar-refractivity contribution in [2.75, 3.05) is 0 Å². The molecule has 4 aromatic carbocycles. The lowest BCUT2D eigenvalue weighted by Gasteiger charge is -2.41. The molecule has 10 aromatic rings. The predicted octanol–water partition coefficient (Wildman–Crippen LogP) is 15.5. The van der Waals surface area contributed by atoms with Gasteiger partial charge < -0.3 is 28.9 Å². The molecule has 0 atom stereocenters. The molecule has 6 heterocycles. The zero-order valence-corrected chi connectivity index (χ0v) is 52.4.